The fourth-order valence-electron chi connectivity index (χ4n) is 4.97. The third-order valence-corrected chi connectivity index (χ3v) is 8.87. The standard InChI is InChI=1S/C25H42ClN5O4S/c1-35-24-19-23(27)22(26)18-21(24)25(32)28-20-8-12-29(13-9-20)10-6-4-3-5-7-11-30-14-16-31(17-15-30)36(2,33)34/h18-20H,3-17,27H2,1-2H3,(H,28,32). The molecule has 1 amide bonds. The third-order valence-electron chi connectivity index (χ3n) is 7.24. The highest BCUT2D eigenvalue weighted by atomic mass is 35.5. The number of sulfonamides is 1. The Balaban J connectivity index is 1.23. The average Bonchev–Trinajstić information content (AvgIpc) is 2.85. The van der Waals surface area contributed by atoms with Crippen molar-refractivity contribution < 1.29 is 17.9 Å². The third kappa shape index (κ3) is 8.76. The van der Waals surface area contributed by atoms with Gasteiger partial charge in [-0.2, -0.15) is 4.31 Å². The number of hydrogen-bond donors (Lipinski definition) is 2. The number of carbonyl (C=O) groups is 1. The lowest BCUT2D eigenvalue weighted by molar-refractivity contribution is 0.0907. The van der Waals surface area contributed by atoms with E-state index in [0.29, 0.717) is 35.1 Å². The second kappa shape index (κ2) is 13.8. The molecule has 0 atom stereocenters. The van der Waals surface area contributed by atoms with E-state index in [1.54, 1.807) is 16.4 Å². The summed E-state index contributed by atoms with van der Waals surface area (Å²) >= 11 is 6.10. The zero-order valence-electron chi connectivity index (χ0n) is 21.7. The number of amides is 1. The molecule has 0 saturated carbocycles. The van der Waals surface area contributed by atoms with Crippen molar-refractivity contribution in [2.24, 2.45) is 0 Å². The van der Waals surface area contributed by atoms with Gasteiger partial charge >= 0.3 is 0 Å². The SMILES string of the molecule is COc1cc(N)c(Cl)cc1C(=O)NC1CCN(CCCCCCCN2CCN(S(C)(=O)=O)CC2)CC1. The summed E-state index contributed by atoms with van der Waals surface area (Å²) in [4.78, 5) is 17.6. The molecule has 0 unspecified atom stereocenters. The van der Waals surface area contributed by atoms with Crippen molar-refractivity contribution in [3.63, 3.8) is 0 Å². The summed E-state index contributed by atoms with van der Waals surface area (Å²) in [7, 11) is -1.53. The second-order valence-corrected chi connectivity index (χ2v) is 12.3. The van der Waals surface area contributed by atoms with Gasteiger partial charge in [0.25, 0.3) is 5.91 Å². The first-order valence-electron chi connectivity index (χ1n) is 13.0. The summed E-state index contributed by atoms with van der Waals surface area (Å²) < 4.78 is 30.1. The Kier molecular flexibility index (Phi) is 11.1. The van der Waals surface area contributed by atoms with Crippen molar-refractivity contribution in [2.45, 2.75) is 51.0 Å². The van der Waals surface area contributed by atoms with Crippen LogP contribution in [0.1, 0.15) is 55.3 Å². The van der Waals surface area contributed by atoms with Crippen LogP contribution in [0.3, 0.4) is 0 Å². The molecular weight excluding hydrogens is 502 g/mol. The van der Waals surface area contributed by atoms with Crippen molar-refractivity contribution in [1.82, 2.24) is 19.4 Å². The van der Waals surface area contributed by atoms with Gasteiger partial charge in [-0.15, -0.1) is 0 Å². The Hall–Kier alpha value is -1.59. The van der Waals surface area contributed by atoms with Gasteiger partial charge in [0.05, 0.1) is 29.6 Å². The molecule has 11 heteroatoms. The maximum atomic E-state index is 12.8. The number of unbranched alkanes of at least 4 members (excludes halogenated alkanes) is 4. The van der Waals surface area contributed by atoms with E-state index in [9.17, 15) is 13.2 Å². The van der Waals surface area contributed by atoms with Gasteiger partial charge < -0.3 is 25.6 Å². The van der Waals surface area contributed by atoms with Gasteiger partial charge in [0.15, 0.2) is 0 Å². The first-order chi connectivity index (χ1) is 17.2. The van der Waals surface area contributed by atoms with Crippen LogP contribution >= 0.6 is 11.6 Å². The molecule has 0 aliphatic carbocycles. The fourth-order valence-corrected chi connectivity index (χ4v) is 5.96. The molecule has 1 aromatic rings. The van der Waals surface area contributed by atoms with Crippen LogP contribution in [0.4, 0.5) is 5.69 Å². The number of nitrogens with zero attached hydrogens (tertiary/aromatic N) is 3. The van der Waals surface area contributed by atoms with Gasteiger partial charge in [-0.05, 0) is 44.8 Å². The number of anilines is 1. The van der Waals surface area contributed by atoms with Crippen molar-refractivity contribution in [1.29, 1.82) is 0 Å². The highest BCUT2D eigenvalue weighted by Gasteiger charge is 2.24. The molecular formula is C25H42ClN5O4S. The van der Waals surface area contributed by atoms with E-state index in [4.69, 9.17) is 22.1 Å². The smallest absolute Gasteiger partial charge is 0.255 e. The van der Waals surface area contributed by atoms with Gasteiger partial charge in [-0.1, -0.05) is 30.9 Å². The maximum absolute atomic E-state index is 12.8. The molecule has 9 nitrogen and oxygen atoms in total. The minimum Gasteiger partial charge on any atom is -0.496 e. The van der Waals surface area contributed by atoms with Gasteiger partial charge in [0, 0.05) is 51.4 Å². The number of likely N-dealkylation sites (tertiary alicyclic amines) is 1. The Morgan fingerprint density at radius 3 is 2.11 bits per heavy atom. The molecule has 2 saturated heterocycles. The zero-order valence-corrected chi connectivity index (χ0v) is 23.2. The van der Waals surface area contributed by atoms with Crippen molar-refractivity contribution >= 4 is 33.2 Å². The van der Waals surface area contributed by atoms with Crippen LogP contribution in [0, 0.1) is 0 Å². The van der Waals surface area contributed by atoms with E-state index in [2.05, 4.69) is 15.1 Å². The number of benzene rings is 1. The number of nitrogens with one attached hydrogen (secondary N) is 1. The minimum atomic E-state index is -3.05. The second-order valence-electron chi connectivity index (χ2n) is 9.93. The number of piperazine rings is 1. The average molecular weight is 544 g/mol. The molecule has 2 fully saturated rings. The highest BCUT2D eigenvalue weighted by Crippen LogP contribution is 2.29. The summed E-state index contributed by atoms with van der Waals surface area (Å²) in [5, 5.41) is 3.47. The summed E-state index contributed by atoms with van der Waals surface area (Å²) in [5.74, 6) is 0.255. The summed E-state index contributed by atoms with van der Waals surface area (Å²) in [6.45, 7) is 7.05. The van der Waals surface area contributed by atoms with Gasteiger partial charge in [0.1, 0.15) is 5.75 Å². The summed E-state index contributed by atoms with van der Waals surface area (Å²) in [6.07, 6.45) is 9.23. The fraction of sp³-hybridized carbons (Fsp3) is 0.720. The maximum Gasteiger partial charge on any atom is 0.255 e. The monoisotopic (exact) mass is 543 g/mol. The minimum absolute atomic E-state index is 0.147. The van der Waals surface area contributed by atoms with E-state index < -0.39 is 10.0 Å². The number of ether oxygens (including phenoxy) is 1. The molecule has 3 N–H and O–H groups in total. The Bertz CT molecular complexity index is 961. The van der Waals surface area contributed by atoms with Crippen LogP contribution in [-0.2, 0) is 10.0 Å². The number of carbonyl (C=O) groups excluding carboxylic acids is 1. The lowest BCUT2D eigenvalue weighted by Crippen LogP contribution is -2.48. The van der Waals surface area contributed by atoms with Gasteiger partial charge in [0.2, 0.25) is 10.0 Å². The predicted octanol–water partition coefficient (Wildman–Crippen LogP) is 2.65. The largest absolute Gasteiger partial charge is 0.496 e. The predicted molar refractivity (Wildman–Crippen MR) is 145 cm³/mol. The zero-order chi connectivity index (χ0) is 26.1. The van der Waals surface area contributed by atoms with Gasteiger partial charge in [-0.25, -0.2) is 8.42 Å². The van der Waals surface area contributed by atoms with E-state index in [-0.39, 0.29) is 11.9 Å². The first-order valence-corrected chi connectivity index (χ1v) is 15.2. The molecule has 36 heavy (non-hydrogen) atoms. The molecule has 2 aliphatic rings. The van der Waals surface area contributed by atoms with E-state index in [1.165, 1.54) is 45.5 Å². The summed E-state index contributed by atoms with van der Waals surface area (Å²) in [5.41, 5.74) is 6.62. The van der Waals surface area contributed by atoms with Crippen molar-refractivity contribution in [3.05, 3.63) is 22.7 Å². The number of nitrogens with two attached hydrogens (primary N) is 1. The number of methoxy groups -OCH3 is 1. The molecule has 2 heterocycles. The Labute approximate surface area is 221 Å². The number of hydrogen-bond acceptors (Lipinski definition) is 7. The van der Waals surface area contributed by atoms with Crippen LogP contribution in [0.25, 0.3) is 0 Å². The van der Waals surface area contributed by atoms with Crippen molar-refractivity contribution in [2.75, 3.05) is 71.5 Å². The lowest BCUT2D eigenvalue weighted by atomic mass is 10.0. The topological polar surface area (TPSA) is 108 Å². The number of piperidine rings is 1. The molecule has 0 spiro atoms. The normalized spacial score (nSPS) is 18.9. The van der Waals surface area contributed by atoms with Crippen LogP contribution in [-0.4, -0.2) is 100 Å². The Morgan fingerprint density at radius 2 is 1.56 bits per heavy atom. The molecule has 0 radical (unpaired) electrons. The van der Waals surface area contributed by atoms with Crippen LogP contribution in [0.2, 0.25) is 5.02 Å². The molecule has 204 valence electrons. The molecule has 1 aromatic carbocycles. The number of halogens is 1. The molecule has 0 bridgehead atoms. The van der Waals surface area contributed by atoms with E-state index >= 15 is 0 Å². The quantitative estimate of drug-likeness (QED) is 0.308. The van der Waals surface area contributed by atoms with Crippen LogP contribution < -0.4 is 15.8 Å². The van der Waals surface area contributed by atoms with Crippen LogP contribution in [0.15, 0.2) is 12.1 Å². The lowest BCUT2D eigenvalue weighted by Gasteiger charge is -2.33. The van der Waals surface area contributed by atoms with E-state index in [0.717, 1.165) is 52.1 Å². The van der Waals surface area contributed by atoms with Crippen molar-refractivity contribution in [3.8, 4) is 5.75 Å². The van der Waals surface area contributed by atoms with Crippen LogP contribution in [0.5, 0.6) is 5.75 Å². The molecule has 0 aromatic heterocycles. The molecule has 2 aliphatic heterocycles. The number of nitrogen functional groups attached to an aromatic ring is 1. The van der Waals surface area contributed by atoms with Gasteiger partial charge in [-0.3, -0.25) is 4.79 Å². The number of rotatable bonds is 12. The van der Waals surface area contributed by atoms with E-state index in [1.807, 2.05) is 0 Å². The molecule has 3 rings (SSSR count). The Morgan fingerprint density at radius 1 is 1.00 bits per heavy atom. The summed E-state index contributed by atoms with van der Waals surface area (Å²) in [6, 6.07) is 3.30. The highest BCUT2D eigenvalue weighted by molar-refractivity contribution is 7.88. The first kappa shape index (κ1) is 29.0.